The number of thiocarbonyl (C=S) groups is 1. The summed E-state index contributed by atoms with van der Waals surface area (Å²) in [6.45, 7) is 0. The minimum absolute atomic E-state index is 0.248. The fraction of sp³-hybridized carbons (Fsp3) is 0.385. The number of nitrogens with one attached hydrogen (secondary N) is 3. The van der Waals surface area contributed by atoms with E-state index in [9.17, 15) is 13.6 Å². The predicted octanol–water partition coefficient (Wildman–Crippen LogP) is 2.02. The summed E-state index contributed by atoms with van der Waals surface area (Å²) < 4.78 is 26.1. The van der Waals surface area contributed by atoms with Crippen molar-refractivity contribution in [3.05, 3.63) is 35.4 Å². The predicted molar refractivity (Wildman–Crippen MR) is 74.9 cm³/mol. The number of hydrazine groups is 1. The number of carbonyl (C=O) groups is 1. The third kappa shape index (κ3) is 3.86. The van der Waals surface area contributed by atoms with Crippen LogP contribution in [0.5, 0.6) is 0 Å². The van der Waals surface area contributed by atoms with Crippen molar-refractivity contribution in [3.63, 3.8) is 0 Å². The molecule has 0 heterocycles. The maximum absolute atomic E-state index is 13.4. The second-order valence-electron chi connectivity index (χ2n) is 4.66. The van der Waals surface area contributed by atoms with Gasteiger partial charge in [0.05, 0.1) is 5.56 Å². The van der Waals surface area contributed by atoms with E-state index < -0.39 is 17.5 Å². The standard InChI is InChI=1S/C13H15F2N3OS/c14-8-5-6-10(11(15)7-8)12(19)17-18-13(20)16-9-3-1-2-4-9/h5-7,9H,1-4H2,(H,17,19)(H2,16,18,20). The molecular formula is C13H15F2N3OS. The third-order valence-corrected chi connectivity index (χ3v) is 3.38. The monoisotopic (exact) mass is 299 g/mol. The highest BCUT2D eigenvalue weighted by Gasteiger charge is 2.16. The molecule has 0 unspecified atom stereocenters. The van der Waals surface area contributed by atoms with Crippen molar-refractivity contribution in [2.45, 2.75) is 31.7 Å². The Labute approximate surface area is 120 Å². The zero-order chi connectivity index (χ0) is 14.5. The highest BCUT2D eigenvalue weighted by atomic mass is 32.1. The molecule has 1 aromatic rings. The zero-order valence-corrected chi connectivity index (χ0v) is 11.5. The van der Waals surface area contributed by atoms with E-state index in [0.717, 1.165) is 37.8 Å². The van der Waals surface area contributed by atoms with Crippen molar-refractivity contribution in [1.82, 2.24) is 16.2 Å². The van der Waals surface area contributed by atoms with Gasteiger partial charge in [0.1, 0.15) is 11.6 Å². The fourth-order valence-electron chi connectivity index (χ4n) is 2.15. The lowest BCUT2D eigenvalue weighted by Crippen LogP contribution is -2.49. The van der Waals surface area contributed by atoms with Crippen molar-refractivity contribution < 1.29 is 13.6 Å². The number of hydrogen-bond acceptors (Lipinski definition) is 2. The van der Waals surface area contributed by atoms with E-state index in [4.69, 9.17) is 12.2 Å². The topological polar surface area (TPSA) is 53.2 Å². The van der Waals surface area contributed by atoms with Crippen molar-refractivity contribution >= 4 is 23.2 Å². The number of benzene rings is 1. The Balaban J connectivity index is 1.83. The molecule has 20 heavy (non-hydrogen) atoms. The molecule has 0 atom stereocenters. The van der Waals surface area contributed by atoms with Gasteiger partial charge in [-0.3, -0.25) is 15.6 Å². The minimum atomic E-state index is -0.918. The second kappa shape index (κ2) is 6.60. The molecule has 108 valence electrons. The van der Waals surface area contributed by atoms with Crippen LogP contribution in [0.2, 0.25) is 0 Å². The van der Waals surface area contributed by atoms with Crippen LogP contribution in [-0.2, 0) is 0 Å². The zero-order valence-electron chi connectivity index (χ0n) is 10.7. The van der Waals surface area contributed by atoms with E-state index in [2.05, 4.69) is 16.2 Å². The largest absolute Gasteiger partial charge is 0.359 e. The van der Waals surface area contributed by atoms with Crippen LogP contribution in [0, 0.1) is 11.6 Å². The Morgan fingerprint density at radius 3 is 2.55 bits per heavy atom. The first kappa shape index (κ1) is 14.6. The lowest BCUT2D eigenvalue weighted by atomic mass is 10.2. The van der Waals surface area contributed by atoms with Crippen LogP contribution in [-0.4, -0.2) is 17.1 Å². The molecule has 4 nitrogen and oxygen atoms in total. The van der Waals surface area contributed by atoms with Gasteiger partial charge in [0.2, 0.25) is 0 Å². The molecule has 1 amide bonds. The van der Waals surface area contributed by atoms with Gasteiger partial charge in [0, 0.05) is 12.1 Å². The van der Waals surface area contributed by atoms with Gasteiger partial charge in [-0.15, -0.1) is 0 Å². The quantitative estimate of drug-likeness (QED) is 0.578. The number of hydrogen-bond donors (Lipinski definition) is 3. The SMILES string of the molecule is O=C(NNC(=S)NC1CCCC1)c1ccc(F)cc1F. The van der Waals surface area contributed by atoms with E-state index >= 15 is 0 Å². The van der Waals surface area contributed by atoms with Gasteiger partial charge >= 0.3 is 0 Å². The molecule has 1 aliphatic carbocycles. The molecule has 0 spiro atoms. The van der Waals surface area contributed by atoms with Crippen LogP contribution >= 0.6 is 12.2 Å². The maximum atomic E-state index is 13.4. The molecule has 7 heteroatoms. The molecule has 3 N–H and O–H groups in total. The average Bonchev–Trinajstić information content (AvgIpc) is 2.89. The Morgan fingerprint density at radius 2 is 1.90 bits per heavy atom. The van der Waals surface area contributed by atoms with Gasteiger partial charge in [0.15, 0.2) is 5.11 Å². The van der Waals surface area contributed by atoms with Crippen LogP contribution in [0.4, 0.5) is 8.78 Å². The summed E-state index contributed by atoms with van der Waals surface area (Å²) in [5, 5.41) is 3.35. The van der Waals surface area contributed by atoms with Gasteiger partial charge in [0.25, 0.3) is 5.91 Å². The molecular weight excluding hydrogens is 284 g/mol. The Kier molecular flexibility index (Phi) is 4.84. The maximum Gasteiger partial charge on any atom is 0.272 e. The normalized spacial score (nSPS) is 14.9. The van der Waals surface area contributed by atoms with Crippen LogP contribution in [0.3, 0.4) is 0 Å². The smallest absolute Gasteiger partial charge is 0.272 e. The Hall–Kier alpha value is -1.76. The van der Waals surface area contributed by atoms with E-state index in [-0.39, 0.29) is 10.7 Å². The van der Waals surface area contributed by atoms with Gasteiger partial charge in [-0.1, -0.05) is 12.8 Å². The summed E-state index contributed by atoms with van der Waals surface area (Å²) in [4.78, 5) is 11.7. The first-order chi connectivity index (χ1) is 9.56. The van der Waals surface area contributed by atoms with Crippen LogP contribution in [0.25, 0.3) is 0 Å². The molecule has 0 bridgehead atoms. The average molecular weight is 299 g/mol. The second-order valence-corrected chi connectivity index (χ2v) is 5.07. The van der Waals surface area contributed by atoms with Crippen LogP contribution in [0.15, 0.2) is 18.2 Å². The van der Waals surface area contributed by atoms with Gasteiger partial charge in [-0.05, 0) is 37.2 Å². The highest BCUT2D eigenvalue weighted by Crippen LogP contribution is 2.17. The number of amides is 1. The summed E-state index contributed by atoms with van der Waals surface area (Å²) in [6, 6.07) is 3.07. The third-order valence-electron chi connectivity index (χ3n) is 3.16. The molecule has 2 rings (SSSR count). The summed E-state index contributed by atoms with van der Waals surface area (Å²) >= 11 is 5.02. The number of rotatable bonds is 2. The molecule has 1 aromatic carbocycles. The summed E-state index contributed by atoms with van der Waals surface area (Å²) in [6.07, 6.45) is 4.41. The molecule has 1 aliphatic rings. The number of halogens is 2. The van der Waals surface area contributed by atoms with Crippen LogP contribution in [0.1, 0.15) is 36.0 Å². The Bertz CT molecular complexity index is 518. The molecule has 1 saturated carbocycles. The van der Waals surface area contributed by atoms with E-state index in [1.54, 1.807) is 0 Å². The summed E-state index contributed by atoms with van der Waals surface area (Å²) in [5.41, 5.74) is 4.54. The highest BCUT2D eigenvalue weighted by molar-refractivity contribution is 7.80. The molecule has 1 fully saturated rings. The molecule has 0 aromatic heterocycles. The first-order valence-electron chi connectivity index (χ1n) is 6.38. The fourth-order valence-corrected chi connectivity index (χ4v) is 2.36. The Morgan fingerprint density at radius 1 is 1.20 bits per heavy atom. The molecule has 0 radical (unpaired) electrons. The lowest BCUT2D eigenvalue weighted by molar-refractivity contribution is 0.0939. The van der Waals surface area contributed by atoms with Gasteiger partial charge in [-0.2, -0.15) is 0 Å². The summed E-state index contributed by atoms with van der Waals surface area (Å²) in [5.74, 6) is -2.36. The first-order valence-corrected chi connectivity index (χ1v) is 6.79. The van der Waals surface area contributed by atoms with Gasteiger partial charge < -0.3 is 5.32 Å². The van der Waals surface area contributed by atoms with E-state index in [0.29, 0.717) is 12.1 Å². The van der Waals surface area contributed by atoms with Crippen molar-refractivity contribution in [1.29, 1.82) is 0 Å². The summed E-state index contributed by atoms with van der Waals surface area (Å²) in [7, 11) is 0. The van der Waals surface area contributed by atoms with Crippen molar-refractivity contribution in [2.24, 2.45) is 0 Å². The van der Waals surface area contributed by atoms with Crippen molar-refractivity contribution in [3.8, 4) is 0 Å². The lowest BCUT2D eigenvalue weighted by Gasteiger charge is -2.16. The number of carbonyl (C=O) groups excluding carboxylic acids is 1. The van der Waals surface area contributed by atoms with E-state index in [1.807, 2.05) is 0 Å². The van der Waals surface area contributed by atoms with Crippen LogP contribution < -0.4 is 16.2 Å². The van der Waals surface area contributed by atoms with Gasteiger partial charge in [-0.25, -0.2) is 8.78 Å². The molecule has 0 aliphatic heterocycles. The van der Waals surface area contributed by atoms with E-state index in [1.165, 1.54) is 0 Å². The minimum Gasteiger partial charge on any atom is -0.359 e. The molecule has 0 saturated heterocycles. The van der Waals surface area contributed by atoms with Crippen molar-refractivity contribution in [2.75, 3.05) is 0 Å².